The first kappa shape index (κ1) is 14.1. The molecule has 0 aliphatic heterocycles. The van der Waals surface area contributed by atoms with Gasteiger partial charge in [-0.3, -0.25) is 10.1 Å². The van der Waals surface area contributed by atoms with Gasteiger partial charge in [-0.2, -0.15) is 0 Å². The minimum atomic E-state index is -0.198. The van der Waals surface area contributed by atoms with Crippen LogP contribution in [0.3, 0.4) is 0 Å². The summed E-state index contributed by atoms with van der Waals surface area (Å²) >= 11 is 0. The van der Waals surface area contributed by atoms with E-state index in [0.29, 0.717) is 12.6 Å². The van der Waals surface area contributed by atoms with E-state index in [1.54, 1.807) is 0 Å². The summed E-state index contributed by atoms with van der Waals surface area (Å²) in [6.45, 7) is 5.49. The lowest BCUT2D eigenvalue weighted by Gasteiger charge is -2.14. The lowest BCUT2D eigenvalue weighted by Crippen LogP contribution is -2.43. The van der Waals surface area contributed by atoms with Gasteiger partial charge < -0.3 is 9.88 Å². The Bertz CT molecular complexity index is 645. The van der Waals surface area contributed by atoms with Crippen LogP contribution in [-0.4, -0.2) is 27.5 Å². The van der Waals surface area contributed by atoms with Crippen LogP contribution in [0.15, 0.2) is 24.3 Å². The molecule has 2 aromatic rings. The summed E-state index contributed by atoms with van der Waals surface area (Å²) in [5.41, 5.74) is 2.15. The van der Waals surface area contributed by atoms with Crippen LogP contribution in [0.2, 0.25) is 0 Å². The van der Waals surface area contributed by atoms with Crippen molar-refractivity contribution in [2.45, 2.75) is 51.9 Å². The first-order valence-corrected chi connectivity index (χ1v) is 7.67. The number of carbonyl (C=O) groups is 1. The third-order valence-electron chi connectivity index (χ3n) is 3.93. The van der Waals surface area contributed by atoms with Crippen LogP contribution in [0.25, 0.3) is 11.0 Å². The first-order chi connectivity index (χ1) is 10.2. The Morgan fingerprint density at radius 2 is 2.19 bits per heavy atom. The molecular formula is C16H22N4O. The molecule has 1 aliphatic carbocycles. The lowest BCUT2D eigenvalue weighted by molar-refractivity contribution is -0.122. The van der Waals surface area contributed by atoms with Gasteiger partial charge in [-0.15, -0.1) is 0 Å². The molecule has 2 N–H and O–H groups in total. The lowest BCUT2D eigenvalue weighted by atomic mass is 10.3. The second kappa shape index (κ2) is 5.85. The zero-order valence-corrected chi connectivity index (χ0v) is 12.6. The Morgan fingerprint density at radius 1 is 1.43 bits per heavy atom. The molecule has 0 saturated heterocycles. The fourth-order valence-electron chi connectivity index (χ4n) is 2.50. The van der Waals surface area contributed by atoms with Gasteiger partial charge in [0, 0.05) is 12.6 Å². The van der Waals surface area contributed by atoms with E-state index in [1.165, 1.54) is 0 Å². The molecule has 1 heterocycles. The molecule has 1 atom stereocenters. The highest BCUT2D eigenvalue weighted by molar-refractivity contribution is 5.81. The summed E-state index contributed by atoms with van der Waals surface area (Å²) in [5, 5.41) is 6.29. The van der Waals surface area contributed by atoms with E-state index in [9.17, 15) is 4.79 Å². The van der Waals surface area contributed by atoms with Gasteiger partial charge in [0.2, 0.25) is 5.91 Å². The zero-order chi connectivity index (χ0) is 14.8. The van der Waals surface area contributed by atoms with E-state index in [2.05, 4.69) is 33.2 Å². The minimum Gasteiger partial charge on any atom is -0.352 e. The summed E-state index contributed by atoms with van der Waals surface area (Å²) in [6.07, 6.45) is 2.23. The van der Waals surface area contributed by atoms with Gasteiger partial charge in [-0.25, -0.2) is 4.98 Å². The van der Waals surface area contributed by atoms with Crippen LogP contribution in [0.4, 0.5) is 0 Å². The van der Waals surface area contributed by atoms with Gasteiger partial charge >= 0.3 is 0 Å². The predicted molar refractivity (Wildman–Crippen MR) is 82.9 cm³/mol. The van der Waals surface area contributed by atoms with Crippen LogP contribution in [0, 0.1) is 0 Å². The van der Waals surface area contributed by atoms with Gasteiger partial charge in [0.25, 0.3) is 0 Å². The van der Waals surface area contributed by atoms with Crippen molar-refractivity contribution in [1.82, 2.24) is 20.2 Å². The number of amides is 1. The monoisotopic (exact) mass is 286 g/mol. The highest BCUT2D eigenvalue weighted by atomic mass is 16.2. The maximum atomic E-state index is 11.9. The Morgan fingerprint density at radius 3 is 2.90 bits per heavy atom. The second-order valence-corrected chi connectivity index (χ2v) is 5.65. The van der Waals surface area contributed by atoms with Crippen LogP contribution in [-0.2, 0) is 17.9 Å². The van der Waals surface area contributed by atoms with E-state index in [-0.39, 0.29) is 11.9 Å². The number of para-hydroxylation sites is 2. The summed E-state index contributed by atoms with van der Waals surface area (Å²) in [6, 6.07) is 8.34. The molecule has 5 heteroatoms. The molecule has 112 valence electrons. The molecule has 3 rings (SSSR count). The topological polar surface area (TPSA) is 59.0 Å². The van der Waals surface area contributed by atoms with E-state index in [1.807, 2.05) is 25.1 Å². The molecule has 0 radical (unpaired) electrons. The maximum Gasteiger partial charge on any atom is 0.237 e. The molecule has 0 spiro atoms. The third-order valence-corrected chi connectivity index (χ3v) is 3.93. The average molecular weight is 286 g/mol. The summed E-state index contributed by atoms with van der Waals surface area (Å²) < 4.78 is 2.19. The first-order valence-electron chi connectivity index (χ1n) is 7.67. The van der Waals surface area contributed by atoms with Crippen molar-refractivity contribution in [2.75, 3.05) is 0 Å². The molecule has 5 nitrogen and oxygen atoms in total. The summed E-state index contributed by atoms with van der Waals surface area (Å²) in [4.78, 5) is 16.6. The normalized spacial score (nSPS) is 16.1. The number of imidazole rings is 1. The summed E-state index contributed by atoms with van der Waals surface area (Å²) in [7, 11) is 0. The number of nitrogens with one attached hydrogen (secondary N) is 2. The smallest absolute Gasteiger partial charge is 0.237 e. The standard InChI is InChI=1S/C16H22N4O/c1-3-20-14-7-5-4-6-13(14)19-15(20)10-17-11(2)16(21)18-12-8-9-12/h4-7,11-12,17H,3,8-10H2,1-2H3,(H,18,21). The van der Waals surface area contributed by atoms with Crippen LogP contribution in [0.5, 0.6) is 0 Å². The Labute approximate surface area is 124 Å². The van der Waals surface area contributed by atoms with Crippen molar-refractivity contribution in [3.8, 4) is 0 Å². The second-order valence-electron chi connectivity index (χ2n) is 5.65. The van der Waals surface area contributed by atoms with Crippen molar-refractivity contribution >= 4 is 16.9 Å². The number of benzene rings is 1. The Kier molecular flexibility index (Phi) is 3.92. The molecular weight excluding hydrogens is 264 g/mol. The summed E-state index contributed by atoms with van der Waals surface area (Å²) in [5.74, 6) is 1.06. The van der Waals surface area contributed by atoms with Crippen LogP contribution < -0.4 is 10.6 Å². The Balaban J connectivity index is 1.68. The molecule has 1 aliphatic rings. The number of aryl methyl sites for hydroxylation is 1. The van der Waals surface area contributed by atoms with Gasteiger partial charge in [0.05, 0.1) is 23.6 Å². The van der Waals surface area contributed by atoms with E-state index in [4.69, 9.17) is 0 Å². The Hall–Kier alpha value is -1.88. The van der Waals surface area contributed by atoms with Crippen LogP contribution in [0.1, 0.15) is 32.5 Å². The fraction of sp³-hybridized carbons (Fsp3) is 0.500. The number of nitrogens with zero attached hydrogens (tertiary/aromatic N) is 2. The molecule has 1 fully saturated rings. The predicted octanol–water partition coefficient (Wildman–Crippen LogP) is 1.81. The zero-order valence-electron chi connectivity index (χ0n) is 12.6. The van der Waals surface area contributed by atoms with E-state index in [0.717, 1.165) is 36.2 Å². The number of carbonyl (C=O) groups excluding carboxylic acids is 1. The van der Waals surface area contributed by atoms with Crippen molar-refractivity contribution in [1.29, 1.82) is 0 Å². The van der Waals surface area contributed by atoms with Crippen molar-refractivity contribution in [3.63, 3.8) is 0 Å². The van der Waals surface area contributed by atoms with E-state index >= 15 is 0 Å². The quantitative estimate of drug-likeness (QED) is 0.851. The largest absolute Gasteiger partial charge is 0.352 e. The molecule has 0 bridgehead atoms. The number of aromatic nitrogens is 2. The molecule has 21 heavy (non-hydrogen) atoms. The van der Waals surface area contributed by atoms with Gasteiger partial charge in [0.1, 0.15) is 5.82 Å². The minimum absolute atomic E-state index is 0.0802. The molecule has 1 amide bonds. The molecule has 1 aromatic heterocycles. The van der Waals surface area contributed by atoms with Crippen molar-refractivity contribution in [2.24, 2.45) is 0 Å². The van der Waals surface area contributed by atoms with Gasteiger partial charge in [0.15, 0.2) is 0 Å². The highest BCUT2D eigenvalue weighted by Gasteiger charge is 2.25. The average Bonchev–Trinajstić information content (AvgIpc) is 3.23. The SMILES string of the molecule is CCn1c(CNC(C)C(=O)NC2CC2)nc2ccccc21. The molecule has 1 saturated carbocycles. The number of fused-ring (bicyclic) bond motifs is 1. The molecule has 1 aromatic carbocycles. The number of hydrogen-bond donors (Lipinski definition) is 2. The van der Waals surface area contributed by atoms with Gasteiger partial charge in [-0.1, -0.05) is 12.1 Å². The number of rotatable bonds is 6. The maximum absolute atomic E-state index is 11.9. The van der Waals surface area contributed by atoms with Crippen molar-refractivity contribution in [3.05, 3.63) is 30.1 Å². The van der Waals surface area contributed by atoms with Gasteiger partial charge in [-0.05, 0) is 38.8 Å². The van der Waals surface area contributed by atoms with Crippen LogP contribution >= 0.6 is 0 Å². The van der Waals surface area contributed by atoms with Crippen molar-refractivity contribution < 1.29 is 4.79 Å². The third kappa shape index (κ3) is 3.08. The molecule has 1 unspecified atom stereocenters. The fourth-order valence-corrected chi connectivity index (χ4v) is 2.50. The van der Waals surface area contributed by atoms with E-state index < -0.39 is 0 Å². The highest BCUT2D eigenvalue weighted by Crippen LogP contribution is 2.19. The number of hydrogen-bond acceptors (Lipinski definition) is 3.